The van der Waals surface area contributed by atoms with Crippen LogP contribution < -0.4 is 0 Å². The van der Waals surface area contributed by atoms with Gasteiger partial charge in [-0.15, -0.1) is 9.60 Å². The maximum Gasteiger partial charge on any atom is 0.410 e. The zero-order valence-electron chi connectivity index (χ0n) is 18.5. The second-order valence-electron chi connectivity index (χ2n) is 9.52. The van der Waals surface area contributed by atoms with E-state index in [9.17, 15) is 29.2 Å². The topological polar surface area (TPSA) is 111 Å². The van der Waals surface area contributed by atoms with Crippen molar-refractivity contribution in [1.29, 1.82) is 5.26 Å². The lowest BCUT2D eigenvalue weighted by Crippen LogP contribution is -2.62. The summed E-state index contributed by atoms with van der Waals surface area (Å²) in [6.07, 6.45) is 2.21. The fourth-order valence-electron chi connectivity index (χ4n) is 5.62. The zero-order valence-corrected chi connectivity index (χ0v) is 18.5. The number of benzene rings is 1. The number of carboxylic acids is 1. The molecule has 4 fully saturated rings. The third-order valence-corrected chi connectivity index (χ3v) is 7.91. The number of aliphatic carboxylic acids is 1. The van der Waals surface area contributed by atoms with Crippen LogP contribution in [0, 0.1) is 16.7 Å². The lowest BCUT2D eigenvalue weighted by molar-refractivity contribution is -0.161. The van der Waals surface area contributed by atoms with Crippen molar-refractivity contribution in [2.45, 2.75) is 69.1 Å². The van der Waals surface area contributed by atoms with Crippen molar-refractivity contribution in [2.24, 2.45) is 5.41 Å². The van der Waals surface area contributed by atoms with Gasteiger partial charge in [0.2, 0.25) is 0 Å². The van der Waals surface area contributed by atoms with Crippen molar-refractivity contribution in [1.82, 2.24) is 10.0 Å². The number of carbonyl (C=O) groups is 3. The Bertz CT molecular complexity index is 954. The second-order valence-corrected chi connectivity index (χ2v) is 9.52. The number of Topliss-reactive ketones (excluding diaryl/α,β-unsaturated/α-hetero) is 1. The van der Waals surface area contributed by atoms with Crippen molar-refractivity contribution in [2.75, 3.05) is 13.1 Å². The number of carbonyl (C=O) groups excluding carboxylic acids is 2. The van der Waals surface area contributed by atoms with Gasteiger partial charge in [-0.2, -0.15) is 5.26 Å². The summed E-state index contributed by atoms with van der Waals surface area (Å²) in [4.78, 5) is 39.7. The monoisotopic (exact) mass is 457 g/mol. The molecule has 9 heteroatoms. The fraction of sp³-hybridized carbons (Fsp3) is 0.583. The predicted octanol–water partition coefficient (Wildman–Crippen LogP) is 3.61. The van der Waals surface area contributed by atoms with Crippen molar-refractivity contribution < 1.29 is 28.7 Å². The number of amides is 1. The molecule has 1 heterocycles. The van der Waals surface area contributed by atoms with Crippen LogP contribution in [0.3, 0.4) is 0 Å². The molecular formula is C24H28FN3O5. The van der Waals surface area contributed by atoms with Gasteiger partial charge in [-0.3, -0.25) is 14.5 Å². The normalized spacial score (nSPS) is 31.0. The van der Waals surface area contributed by atoms with Crippen LogP contribution in [0.4, 0.5) is 9.28 Å². The maximum atomic E-state index is 14.5. The number of fused-ring (bicyclic) bond motifs is 3. The SMILES string of the molecule is N#CC1(C(=O)CN(C(=O)OCc2ccccc2)C23CCC(C(=O)O)(CC2)CC3)CCCN1F. The average Bonchev–Trinajstić information content (AvgIpc) is 3.24. The molecule has 8 nitrogen and oxygen atoms in total. The van der Waals surface area contributed by atoms with Gasteiger partial charge in [-0.05, 0) is 56.9 Å². The molecule has 0 radical (unpaired) electrons. The van der Waals surface area contributed by atoms with Crippen molar-refractivity contribution in [3.05, 3.63) is 35.9 Å². The van der Waals surface area contributed by atoms with E-state index in [1.807, 2.05) is 36.4 Å². The third-order valence-electron chi connectivity index (χ3n) is 7.91. The first-order valence-corrected chi connectivity index (χ1v) is 11.4. The Hall–Kier alpha value is -2.99. The van der Waals surface area contributed by atoms with Gasteiger partial charge in [0.1, 0.15) is 6.61 Å². The van der Waals surface area contributed by atoms with Crippen molar-refractivity contribution in [3.63, 3.8) is 0 Å². The summed E-state index contributed by atoms with van der Waals surface area (Å²) >= 11 is 0. The molecular weight excluding hydrogens is 429 g/mol. The van der Waals surface area contributed by atoms with Crippen LogP contribution in [-0.2, 0) is 20.9 Å². The number of hydrogen-bond donors (Lipinski definition) is 1. The first-order chi connectivity index (χ1) is 15.8. The fourth-order valence-corrected chi connectivity index (χ4v) is 5.62. The molecule has 1 aliphatic heterocycles. The van der Waals surface area contributed by atoms with Gasteiger partial charge in [0.05, 0.1) is 18.0 Å². The van der Waals surface area contributed by atoms with Crippen LogP contribution in [0.2, 0.25) is 0 Å². The van der Waals surface area contributed by atoms with E-state index >= 15 is 0 Å². The molecule has 1 N–H and O–H groups in total. The first-order valence-electron chi connectivity index (χ1n) is 11.4. The smallest absolute Gasteiger partial charge is 0.410 e. The average molecular weight is 458 g/mol. The summed E-state index contributed by atoms with van der Waals surface area (Å²) in [5.74, 6) is -1.50. The summed E-state index contributed by atoms with van der Waals surface area (Å²) in [5, 5.41) is 19.6. The van der Waals surface area contributed by atoms with Gasteiger partial charge in [-0.1, -0.05) is 30.3 Å². The Kier molecular flexibility index (Phi) is 6.14. The molecule has 5 rings (SSSR count). The highest BCUT2D eigenvalue weighted by Gasteiger charge is 2.58. The van der Waals surface area contributed by atoms with Crippen LogP contribution in [0.1, 0.15) is 56.9 Å². The highest BCUT2D eigenvalue weighted by atomic mass is 19.2. The quantitative estimate of drug-likeness (QED) is 0.623. The molecule has 1 unspecified atom stereocenters. The van der Waals surface area contributed by atoms with Gasteiger partial charge in [0, 0.05) is 12.1 Å². The molecule has 33 heavy (non-hydrogen) atoms. The molecule has 1 aromatic rings. The molecule has 1 atom stereocenters. The number of ether oxygens (including phenoxy) is 1. The van der Waals surface area contributed by atoms with Gasteiger partial charge >= 0.3 is 12.1 Å². The first kappa shape index (κ1) is 23.2. The van der Waals surface area contributed by atoms with Crippen LogP contribution in [-0.4, -0.2) is 57.1 Å². The molecule has 1 aromatic carbocycles. The Balaban J connectivity index is 1.57. The van der Waals surface area contributed by atoms with Gasteiger partial charge in [-0.25, -0.2) is 4.79 Å². The standard InChI is InChI=1S/C24H28FN3O5/c25-28-14-4-7-24(28,17-26)19(29)15-27(21(32)33-16-18-5-2-1-3-6-18)23-11-8-22(9-12-23,10-13-23)20(30)31/h1-3,5-6H,4,7-16H2,(H,30,31). The van der Waals surface area contributed by atoms with E-state index in [1.165, 1.54) is 4.90 Å². The molecule has 3 aliphatic carbocycles. The Morgan fingerprint density at radius 1 is 1.09 bits per heavy atom. The summed E-state index contributed by atoms with van der Waals surface area (Å²) in [5.41, 5.74) is -2.65. The van der Waals surface area contributed by atoms with Crippen LogP contribution in [0.25, 0.3) is 0 Å². The molecule has 3 saturated carbocycles. The lowest BCUT2D eigenvalue weighted by atomic mass is 9.56. The maximum absolute atomic E-state index is 14.5. The number of rotatable bonds is 7. The summed E-state index contributed by atoms with van der Waals surface area (Å²) in [6.45, 7) is -0.441. The number of nitrogens with zero attached hydrogens (tertiary/aromatic N) is 3. The predicted molar refractivity (Wildman–Crippen MR) is 114 cm³/mol. The summed E-state index contributed by atoms with van der Waals surface area (Å²) < 4.78 is 20.0. The van der Waals surface area contributed by atoms with E-state index in [2.05, 4.69) is 0 Å². The largest absolute Gasteiger partial charge is 0.481 e. The molecule has 1 amide bonds. The molecule has 176 valence electrons. The van der Waals surface area contributed by atoms with Gasteiger partial charge < -0.3 is 9.84 Å². The summed E-state index contributed by atoms with van der Waals surface area (Å²) in [6, 6.07) is 11.0. The van der Waals surface area contributed by atoms with Crippen molar-refractivity contribution in [3.8, 4) is 6.07 Å². The number of ketones is 1. The van der Waals surface area contributed by atoms with E-state index in [0.717, 1.165) is 5.56 Å². The van der Waals surface area contributed by atoms with Gasteiger partial charge in [0.15, 0.2) is 11.3 Å². The second kappa shape index (κ2) is 8.75. The minimum absolute atomic E-state index is 0.00989. The minimum Gasteiger partial charge on any atom is -0.481 e. The molecule has 0 aromatic heterocycles. The van der Waals surface area contributed by atoms with Crippen LogP contribution in [0.5, 0.6) is 0 Å². The highest BCUT2D eigenvalue weighted by Crippen LogP contribution is 2.55. The molecule has 2 bridgehead atoms. The third kappa shape index (κ3) is 3.97. The molecule has 4 aliphatic rings. The van der Waals surface area contributed by atoms with Crippen LogP contribution in [0.15, 0.2) is 30.3 Å². The lowest BCUT2D eigenvalue weighted by Gasteiger charge is -2.55. The van der Waals surface area contributed by atoms with Gasteiger partial charge in [0.25, 0.3) is 0 Å². The Morgan fingerprint density at radius 3 is 2.24 bits per heavy atom. The minimum atomic E-state index is -1.90. The van der Waals surface area contributed by atoms with E-state index in [0.29, 0.717) is 44.9 Å². The summed E-state index contributed by atoms with van der Waals surface area (Å²) in [7, 11) is 0. The van der Waals surface area contributed by atoms with E-state index < -0.39 is 40.9 Å². The Labute approximate surface area is 191 Å². The Morgan fingerprint density at radius 2 is 1.73 bits per heavy atom. The number of nitriles is 1. The van der Waals surface area contributed by atoms with E-state index in [-0.39, 0.29) is 24.7 Å². The van der Waals surface area contributed by atoms with E-state index in [1.54, 1.807) is 0 Å². The number of carboxylic acid groups (broad SMARTS) is 1. The van der Waals surface area contributed by atoms with E-state index in [4.69, 9.17) is 4.74 Å². The number of halogens is 1. The van der Waals surface area contributed by atoms with Crippen LogP contribution >= 0.6 is 0 Å². The molecule has 0 spiro atoms. The number of hydrogen-bond acceptors (Lipinski definition) is 6. The molecule has 1 saturated heterocycles. The zero-order chi connectivity index (χ0) is 23.7. The highest BCUT2D eigenvalue weighted by molar-refractivity contribution is 5.95. The van der Waals surface area contributed by atoms with Crippen molar-refractivity contribution >= 4 is 17.8 Å².